The van der Waals surface area contributed by atoms with Crippen molar-refractivity contribution in [3.05, 3.63) is 29.8 Å². The van der Waals surface area contributed by atoms with Crippen LogP contribution < -0.4 is 9.62 Å². The predicted molar refractivity (Wildman–Crippen MR) is 82.9 cm³/mol. The van der Waals surface area contributed by atoms with Crippen LogP contribution in [0.15, 0.2) is 24.3 Å². The molecule has 5 nitrogen and oxygen atoms in total. The lowest BCUT2D eigenvalue weighted by atomic mass is 10.1. The number of hydrogen-bond acceptors (Lipinski definition) is 3. The quantitative estimate of drug-likeness (QED) is 0.849. The summed E-state index contributed by atoms with van der Waals surface area (Å²) in [5.74, 6) is -0.129. The Morgan fingerprint density at radius 3 is 2.25 bits per heavy atom. The Balaban J connectivity index is 2.15. The number of anilines is 1. The Hall–Kier alpha value is -1.61. The van der Waals surface area contributed by atoms with E-state index >= 15 is 0 Å². The van der Waals surface area contributed by atoms with Gasteiger partial charge in [-0.3, -0.25) is 9.62 Å². The fourth-order valence-electron chi connectivity index (χ4n) is 2.71. The maximum absolute atomic E-state index is 12.5. The lowest BCUT2D eigenvalue weighted by Gasteiger charge is -2.17. The number of halogens is 3. The largest absolute Gasteiger partial charge is 0.516 e. The number of para-hydroxylation sites is 1. The maximum Gasteiger partial charge on any atom is 0.516 e. The first kappa shape index (κ1) is 18.7. The highest BCUT2D eigenvalue weighted by atomic mass is 32.2. The molecule has 1 fully saturated rings. The highest BCUT2D eigenvalue weighted by Crippen LogP contribution is 2.27. The predicted octanol–water partition coefficient (Wildman–Crippen LogP) is 1.48. The molecule has 1 aromatic carbocycles. The SMILES string of the molecule is O=C(Cc1ccccc1NS(=O)(=O)C(F)(F)F)[NH+]1CCCCCC1. The first-order chi connectivity index (χ1) is 11.2. The van der Waals surface area contributed by atoms with Crippen LogP contribution >= 0.6 is 0 Å². The molecule has 1 aromatic rings. The van der Waals surface area contributed by atoms with Crippen LogP contribution in [-0.4, -0.2) is 32.9 Å². The van der Waals surface area contributed by atoms with Gasteiger partial charge < -0.3 is 0 Å². The molecule has 134 valence electrons. The van der Waals surface area contributed by atoms with Crippen molar-refractivity contribution in [1.82, 2.24) is 0 Å². The second-order valence-corrected chi connectivity index (χ2v) is 7.50. The fourth-order valence-corrected chi connectivity index (χ4v) is 3.31. The summed E-state index contributed by atoms with van der Waals surface area (Å²) in [5.41, 5.74) is -5.37. The molecule has 1 saturated heterocycles. The third-order valence-corrected chi connectivity index (χ3v) is 5.12. The number of sulfonamides is 1. The van der Waals surface area contributed by atoms with Crippen LogP contribution in [0.3, 0.4) is 0 Å². The lowest BCUT2D eigenvalue weighted by molar-refractivity contribution is -0.819. The summed E-state index contributed by atoms with van der Waals surface area (Å²) in [7, 11) is -5.51. The van der Waals surface area contributed by atoms with Gasteiger partial charge in [0.1, 0.15) is 0 Å². The van der Waals surface area contributed by atoms with Gasteiger partial charge in [0.2, 0.25) is 0 Å². The molecule has 2 rings (SSSR count). The van der Waals surface area contributed by atoms with E-state index in [0.29, 0.717) is 13.1 Å². The van der Waals surface area contributed by atoms with Crippen LogP contribution in [0.1, 0.15) is 31.2 Å². The Morgan fingerprint density at radius 1 is 1.08 bits per heavy atom. The van der Waals surface area contributed by atoms with Crippen molar-refractivity contribution in [3.8, 4) is 0 Å². The first-order valence-corrected chi connectivity index (χ1v) is 9.24. The van der Waals surface area contributed by atoms with Crippen LogP contribution in [0, 0.1) is 0 Å². The van der Waals surface area contributed by atoms with Crippen LogP contribution in [-0.2, 0) is 21.2 Å². The summed E-state index contributed by atoms with van der Waals surface area (Å²) in [6.45, 7) is 1.41. The molecule has 1 amide bonds. The molecular formula is C15H20F3N2O3S+. The number of likely N-dealkylation sites (tertiary alicyclic amines) is 1. The molecule has 2 N–H and O–H groups in total. The van der Waals surface area contributed by atoms with Gasteiger partial charge in [-0.05, 0) is 37.3 Å². The van der Waals surface area contributed by atoms with Crippen LogP contribution in [0.2, 0.25) is 0 Å². The molecule has 1 aliphatic heterocycles. The van der Waals surface area contributed by atoms with Gasteiger partial charge in [-0.25, -0.2) is 4.79 Å². The zero-order chi connectivity index (χ0) is 17.8. The Bertz CT molecular complexity index is 681. The molecule has 0 atom stereocenters. The molecule has 24 heavy (non-hydrogen) atoms. The summed E-state index contributed by atoms with van der Waals surface area (Å²) in [4.78, 5) is 13.2. The molecular weight excluding hydrogens is 345 g/mol. The van der Waals surface area contributed by atoms with Crippen LogP contribution in [0.5, 0.6) is 0 Å². The standard InChI is InChI=1S/C15H19F3N2O3S/c16-15(17,18)24(22,23)19-13-8-4-3-7-12(13)11-14(21)20-9-5-1-2-6-10-20/h3-4,7-8,19H,1-2,5-6,9-11H2/p+1. The third-order valence-electron chi connectivity index (χ3n) is 4.02. The lowest BCUT2D eigenvalue weighted by Crippen LogP contribution is -3.14. The van der Waals surface area contributed by atoms with Gasteiger partial charge in [-0.2, -0.15) is 21.6 Å². The second-order valence-electron chi connectivity index (χ2n) is 5.83. The first-order valence-electron chi connectivity index (χ1n) is 7.75. The van der Waals surface area contributed by atoms with E-state index in [0.717, 1.165) is 30.6 Å². The van der Waals surface area contributed by atoms with E-state index < -0.39 is 15.5 Å². The number of alkyl halides is 3. The Labute approximate surface area is 138 Å². The zero-order valence-corrected chi connectivity index (χ0v) is 13.8. The average molecular weight is 365 g/mol. The van der Waals surface area contributed by atoms with Crippen molar-refractivity contribution in [1.29, 1.82) is 0 Å². The van der Waals surface area contributed by atoms with Crippen molar-refractivity contribution in [2.45, 2.75) is 37.6 Å². The summed E-state index contributed by atoms with van der Waals surface area (Å²) < 4.78 is 61.7. The topological polar surface area (TPSA) is 67.7 Å². The van der Waals surface area contributed by atoms with Crippen LogP contribution in [0.4, 0.5) is 18.9 Å². The molecule has 0 bridgehead atoms. The van der Waals surface area contributed by atoms with Gasteiger partial charge in [0.25, 0.3) is 0 Å². The molecule has 0 unspecified atom stereocenters. The smallest absolute Gasteiger partial charge is 0.276 e. The van der Waals surface area contributed by atoms with Crippen molar-refractivity contribution in [2.24, 2.45) is 0 Å². The molecule has 1 heterocycles. The van der Waals surface area contributed by atoms with Crippen molar-refractivity contribution >= 4 is 21.6 Å². The summed E-state index contributed by atoms with van der Waals surface area (Å²) in [6.07, 6.45) is 3.90. The number of benzene rings is 1. The minimum absolute atomic E-state index is 0.105. The number of quaternary nitrogens is 1. The molecule has 0 aliphatic carbocycles. The van der Waals surface area contributed by atoms with Crippen molar-refractivity contribution in [3.63, 3.8) is 0 Å². The second kappa shape index (κ2) is 7.52. The van der Waals surface area contributed by atoms with E-state index in [1.807, 2.05) is 0 Å². The summed E-state index contributed by atoms with van der Waals surface area (Å²) in [5, 5.41) is 0. The Morgan fingerprint density at radius 2 is 1.67 bits per heavy atom. The van der Waals surface area contributed by atoms with Gasteiger partial charge in [0.15, 0.2) is 0 Å². The van der Waals surface area contributed by atoms with E-state index in [9.17, 15) is 26.4 Å². The molecule has 9 heteroatoms. The highest BCUT2D eigenvalue weighted by molar-refractivity contribution is 7.93. The van der Waals surface area contributed by atoms with E-state index in [4.69, 9.17) is 0 Å². The van der Waals surface area contributed by atoms with Crippen molar-refractivity contribution < 1.29 is 31.3 Å². The molecule has 0 aromatic heterocycles. The van der Waals surface area contributed by atoms with Gasteiger partial charge in [0.05, 0.1) is 25.2 Å². The number of carbonyl (C=O) groups is 1. The highest BCUT2D eigenvalue weighted by Gasteiger charge is 2.46. The average Bonchev–Trinajstić information content (AvgIpc) is 2.77. The van der Waals surface area contributed by atoms with E-state index in [1.165, 1.54) is 22.9 Å². The van der Waals surface area contributed by atoms with E-state index in [-0.39, 0.29) is 23.6 Å². The monoisotopic (exact) mass is 365 g/mol. The maximum atomic E-state index is 12.5. The molecule has 0 saturated carbocycles. The zero-order valence-electron chi connectivity index (χ0n) is 13.0. The van der Waals surface area contributed by atoms with Gasteiger partial charge in [-0.15, -0.1) is 0 Å². The number of amides is 1. The summed E-state index contributed by atoms with van der Waals surface area (Å²) >= 11 is 0. The number of rotatable bonds is 4. The van der Waals surface area contributed by atoms with Gasteiger partial charge >= 0.3 is 21.4 Å². The minimum Gasteiger partial charge on any atom is -0.276 e. The number of carbonyl (C=O) groups excluding carboxylic acids is 1. The fraction of sp³-hybridized carbons (Fsp3) is 0.533. The van der Waals surface area contributed by atoms with Crippen molar-refractivity contribution in [2.75, 3.05) is 17.8 Å². The molecule has 0 spiro atoms. The molecule has 0 radical (unpaired) electrons. The minimum atomic E-state index is -5.51. The third kappa shape index (κ3) is 4.70. The summed E-state index contributed by atoms with van der Waals surface area (Å²) in [6, 6.07) is 5.67. The number of hydrogen-bond donors (Lipinski definition) is 2. The van der Waals surface area contributed by atoms with E-state index in [1.54, 1.807) is 6.07 Å². The van der Waals surface area contributed by atoms with E-state index in [2.05, 4.69) is 0 Å². The van der Waals surface area contributed by atoms with Crippen LogP contribution in [0.25, 0.3) is 0 Å². The van der Waals surface area contributed by atoms with Gasteiger partial charge in [-0.1, -0.05) is 18.2 Å². The van der Waals surface area contributed by atoms with Gasteiger partial charge in [0, 0.05) is 0 Å². The molecule has 1 aliphatic rings. The normalized spacial score (nSPS) is 17.3. The Kier molecular flexibility index (Phi) is 5.87. The number of nitrogens with one attached hydrogen (secondary N) is 2.